The summed E-state index contributed by atoms with van der Waals surface area (Å²) in [7, 11) is 1.97. The van der Waals surface area contributed by atoms with Crippen molar-refractivity contribution in [3.8, 4) is 0 Å². The predicted molar refractivity (Wildman–Crippen MR) is 123 cm³/mol. The molecule has 0 aliphatic rings. The molecule has 3 N–H and O–H groups in total. The van der Waals surface area contributed by atoms with Crippen LogP contribution in [0.3, 0.4) is 0 Å². The van der Waals surface area contributed by atoms with E-state index in [9.17, 15) is 4.79 Å². The third-order valence-corrected chi connectivity index (χ3v) is 4.48. The summed E-state index contributed by atoms with van der Waals surface area (Å²) in [6.45, 7) is 15.9. The highest BCUT2D eigenvalue weighted by Crippen LogP contribution is 2.16. The molecule has 0 aliphatic heterocycles. The summed E-state index contributed by atoms with van der Waals surface area (Å²) < 4.78 is 1.92. The van der Waals surface area contributed by atoms with E-state index in [1.807, 2.05) is 46.3 Å². The lowest BCUT2D eigenvalue weighted by molar-refractivity contribution is -0.128. The fourth-order valence-electron chi connectivity index (χ4n) is 2.77. The van der Waals surface area contributed by atoms with E-state index in [1.54, 1.807) is 0 Å². The molecule has 0 radical (unpaired) electrons. The van der Waals surface area contributed by atoms with Crippen LogP contribution in [0.15, 0.2) is 4.99 Å². The van der Waals surface area contributed by atoms with E-state index in [0.717, 1.165) is 24.6 Å². The van der Waals surface area contributed by atoms with Gasteiger partial charge in [0, 0.05) is 31.9 Å². The van der Waals surface area contributed by atoms with Gasteiger partial charge in [0.1, 0.15) is 0 Å². The first kappa shape index (κ1) is 25.7. The number of carbonyl (C=O) groups excluding carboxylic acids is 1. The van der Waals surface area contributed by atoms with E-state index < -0.39 is 5.41 Å². The molecule has 1 amide bonds. The zero-order chi connectivity index (χ0) is 19.9. The minimum absolute atomic E-state index is 0. The quantitative estimate of drug-likeness (QED) is 0.296. The first-order valence-corrected chi connectivity index (χ1v) is 9.44. The van der Waals surface area contributed by atoms with Crippen LogP contribution in [0, 0.1) is 19.3 Å². The van der Waals surface area contributed by atoms with Crippen molar-refractivity contribution in [1.29, 1.82) is 0 Å². The van der Waals surface area contributed by atoms with Crippen molar-refractivity contribution in [2.24, 2.45) is 17.5 Å². The molecular formula is C19H37IN6O. The number of hydrogen-bond acceptors (Lipinski definition) is 3. The highest BCUT2D eigenvalue weighted by atomic mass is 127. The summed E-state index contributed by atoms with van der Waals surface area (Å²) in [5.41, 5.74) is 2.98. The molecule has 27 heavy (non-hydrogen) atoms. The fraction of sp³-hybridized carbons (Fsp3) is 0.737. The molecule has 0 aliphatic carbocycles. The molecule has 0 spiro atoms. The summed E-state index contributed by atoms with van der Waals surface area (Å²) in [5, 5.41) is 14.1. The van der Waals surface area contributed by atoms with Gasteiger partial charge in [-0.15, -0.1) is 24.0 Å². The number of halogens is 1. The molecule has 7 nitrogen and oxygen atoms in total. The van der Waals surface area contributed by atoms with E-state index in [4.69, 9.17) is 0 Å². The number of amides is 1. The maximum absolute atomic E-state index is 12.1. The fourth-order valence-corrected chi connectivity index (χ4v) is 2.77. The highest BCUT2D eigenvalue weighted by Gasteiger charge is 2.27. The van der Waals surface area contributed by atoms with Crippen molar-refractivity contribution >= 4 is 35.8 Å². The van der Waals surface area contributed by atoms with E-state index in [1.165, 1.54) is 11.3 Å². The van der Waals surface area contributed by atoms with E-state index >= 15 is 0 Å². The molecule has 1 rings (SSSR count). The molecule has 0 bridgehead atoms. The molecule has 0 saturated carbocycles. The van der Waals surface area contributed by atoms with Crippen LogP contribution in [0.5, 0.6) is 0 Å². The van der Waals surface area contributed by atoms with Crippen LogP contribution in [0.4, 0.5) is 0 Å². The largest absolute Gasteiger partial charge is 0.357 e. The molecule has 0 saturated heterocycles. The standard InChI is InChI=1S/C19H36N6O.HI/c1-9-20-17(26)19(6,7)12-22-18(21-10-2)23-13(3)11-16-14(4)24-25(8)15(16)5;/h13H,9-12H2,1-8H3,(H,20,26)(H2,21,22,23);1H. The van der Waals surface area contributed by atoms with Gasteiger partial charge in [-0.05, 0) is 60.5 Å². The molecule has 1 atom stereocenters. The Morgan fingerprint density at radius 2 is 1.81 bits per heavy atom. The smallest absolute Gasteiger partial charge is 0.227 e. The van der Waals surface area contributed by atoms with Gasteiger partial charge in [0.15, 0.2) is 5.96 Å². The number of hydrogen-bond donors (Lipinski definition) is 3. The number of guanidine groups is 1. The molecule has 1 aromatic rings. The Kier molecular flexibility index (Phi) is 10.9. The van der Waals surface area contributed by atoms with Crippen LogP contribution in [-0.2, 0) is 18.3 Å². The molecular weight excluding hydrogens is 455 g/mol. The Labute approximate surface area is 181 Å². The van der Waals surface area contributed by atoms with E-state index in [0.29, 0.717) is 13.1 Å². The van der Waals surface area contributed by atoms with Gasteiger partial charge in [-0.25, -0.2) is 0 Å². The summed E-state index contributed by atoms with van der Waals surface area (Å²) in [6.07, 6.45) is 0.871. The van der Waals surface area contributed by atoms with Gasteiger partial charge in [0.05, 0.1) is 17.7 Å². The third-order valence-electron chi connectivity index (χ3n) is 4.48. The van der Waals surface area contributed by atoms with Gasteiger partial charge >= 0.3 is 0 Å². The number of carbonyl (C=O) groups is 1. The molecule has 8 heteroatoms. The van der Waals surface area contributed by atoms with Gasteiger partial charge in [-0.3, -0.25) is 14.5 Å². The highest BCUT2D eigenvalue weighted by molar-refractivity contribution is 14.0. The first-order valence-electron chi connectivity index (χ1n) is 9.44. The van der Waals surface area contributed by atoms with Gasteiger partial charge in [0.2, 0.25) is 5.91 Å². The zero-order valence-electron chi connectivity index (χ0n) is 18.1. The normalized spacial score (nSPS) is 13.0. The molecule has 156 valence electrons. The Morgan fingerprint density at radius 1 is 1.22 bits per heavy atom. The van der Waals surface area contributed by atoms with Gasteiger partial charge < -0.3 is 16.0 Å². The Hall–Kier alpha value is -1.32. The Balaban J connectivity index is 0.00000676. The lowest BCUT2D eigenvalue weighted by atomic mass is 9.92. The third kappa shape index (κ3) is 7.67. The summed E-state index contributed by atoms with van der Waals surface area (Å²) in [6, 6.07) is 0.196. The van der Waals surface area contributed by atoms with Crippen LogP contribution >= 0.6 is 24.0 Å². The topological polar surface area (TPSA) is 83.3 Å². The number of aliphatic imine (C=N–C) groups is 1. The molecule has 1 unspecified atom stereocenters. The lowest BCUT2D eigenvalue weighted by Crippen LogP contribution is -2.45. The second-order valence-electron chi connectivity index (χ2n) is 7.46. The number of nitrogens with one attached hydrogen (secondary N) is 3. The minimum atomic E-state index is -0.544. The monoisotopic (exact) mass is 492 g/mol. The number of aromatic nitrogens is 2. The van der Waals surface area contributed by atoms with Crippen molar-refractivity contribution in [3.63, 3.8) is 0 Å². The van der Waals surface area contributed by atoms with Crippen LogP contribution in [0.25, 0.3) is 0 Å². The Morgan fingerprint density at radius 3 is 2.30 bits per heavy atom. The zero-order valence-corrected chi connectivity index (χ0v) is 20.4. The van der Waals surface area contributed by atoms with Gasteiger partial charge in [0.25, 0.3) is 0 Å². The van der Waals surface area contributed by atoms with Crippen molar-refractivity contribution < 1.29 is 4.79 Å². The van der Waals surface area contributed by atoms with Crippen LogP contribution in [-0.4, -0.2) is 47.3 Å². The van der Waals surface area contributed by atoms with Crippen molar-refractivity contribution in [3.05, 3.63) is 17.0 Å². The van der Waals surface area contributed by atoms with Crippen molar-refractivity contribution in [2.45, 2.75) is 60.9 Å². The van der Waals surface area contributed by atoms with Crippen LogP contribution < -0.4 is 16.0 Å². The van der Waals surface area contributed by atoms with Crippen molar-refractivity contribution in [1.82, 2.24) is 25.7 Å². The molecule has 1 heterocycles. The Bertz CT molecular complexity index is 638. The second kappa shape index (κ2) is 11.5. The van der Waals surface area contributed by atoms with Crippen molar-refractivity contribution in [2.75, 3.05) is 19.6 Å². The average molecular weight is 492 g/mol. The van der Waals surface area contributed by atoms with Gasteiger partial charge in [-0.1, -0.05) is 0 Å². The summed E-state index contributed by atoms with van der Waals surface area (Å²) in [4.78, 5) is 16.8. The summed E-state index contributed by atoms with van der Waals surface area (Å²) >= 11 is 0. The number of rotatable bonds is 8. The number of nitrogens with zero attached hydrogens (tertiary/aromatic N) is 3. The van der Waals surface area contributed by atoms with Crippen LogP contribution in [0.2, 0.25) is 0 Å². The molecule has 0 aromatic carbocycles. The van der Waals surface area contributed by atoms with E-state index in [-0.39, 0.29) is 35.9 Å². The summed E-state index contributed by atoms with van der Waals surface area (Å²) in [5.74, 6) is 0.755. The minimum Gasteiger partial charge on any atom is -0.357 e. The lowest BCUT2D eigenvalue weighted by Gasteiger charge is -2.23. The maximum Gasteiger partial charge on any atom is 0.227 e. The maximum atomic E-state index is 12.1. The SMILES string of the molecule is CCNC(=O)C(C)(C)CN=C(NCC)NC(C)Cc1c(C)nn(C)c1C.I. The molecule has 0 fully saturated rings. The van der Waals surface area contributed by atoms with Gasteiger partial charge in [-0.2, -0.15) is 5.10 Å². The first-order chi connectivity index (χ1) is 12.1. The van der Waals surface area contributed by atoms with Crippen LogP contribution in [0.1, 0.15) is 51.6 Å². The molecule has 1 aromatic heterocycles. The predicted octanol–water partition coefficient (Wildman–Crippen LogP) is 2.30. The van der Waals surface area contributed by atoms with E-state index in [2.05, 4.69) is 39.9 Å². The second-order valence-corrected chi connectivity index (χ2v) is 7.46. The number of aryl methyl sites for hydroxylation is 2. The average Bonchev–Trinajstić information content (AvgIpc) is 2.79.